The largest absolute Gasteiger partial charge is 0.464 e. The molecule has 0 radical (unpaired) electrons. The van der Waals surface area contributed by atoms with Gasteiger partial charge in [0.25, 0.3) is 0 Å². The van der Waals surface area contributed by atoms with Gasteiger partial charge in [0.05, 0.1) is 6.26 Å². The normalized spacial score (nSPS) is 18.5. The number of nitrogens with zero attached hydrogens (tertiary/aromatic N) is 1. The first kappa shape index (κ1) is 16.4. The van der Waals surface area contributed by atoms with E-state index in [1.165, 1.54) is 22.3 Å². The predicted molar refractivity (Wildman–Crippen MR) is 103 cm³/mol. The summed E-state index contributed by atoms with van der Waals surface area (Å²) in [5.41, 5.74) is 12.4. The van der Waals surface area contributed by atoms with Crippen LogP contribution in [0.1, 0.15) is 42.0 Å². The maximum Gasteiger partial charge on any atom is 0.134 e. The molecule has 0 saturated heterocycles. The zero-order valence-corrected chi connectivity index (χ0v) is 15.3. The van der Waals surface area contributed by atoms with E-state index in [0.717, 1.165) is 24.1 Å². The molecule has 2 heterocycles. The number of rotatable bonds is 3. The van der Waals surface area contributed by atoms with Crippen LogP contribution in [-0.2, 0) is 12.0 Å². The molecule has 2 N–H and O–H groups in total. The van der Waals surface area contributed by atoms with E-state index in [-0.39, 0.29) is 5.41 Å². The van der Waals surface area contributed by atoms with Gasteiger partial charge in [-0.3, -0.25) is 0 Å². The zero-order valence-electron chi connectivity index (χ0n) is 15.3. The van der Waals surface area contributed by atoms with Crippen LogP contribution in [0.4, 0.5) is 0 Å². The van der Waals surface area contributed by atoms with Crippen molar-refractivity contribution >= 4 is 11.0 Å². The quantitative estimate of drug-likeness (QED) is 0.779. The minimum atomic E-state index is 0.00756. The Labute approximate surface area is 149 Å². The molecule has 1 unspecified atom stereocenters. The van der Waals surface area contributed by atoms with Gasteiger partial charge in [0.2, 0.25) is 0 Å². The van der Waals surface area contributed by atoms with Crippen LogP contribution in [0.5, 0.6) is 0 Å². The molecule has 1 aliphatic rings. The Bertz CT molecular complexity index is 909. The minimum absolute atomic E-state index is 0.00756. The van der Waals surface area contributed by atoms with Gasteiger partial charge in [0, 0.05) is 36.4 Å². The number of benzene rings is 2. The van der Waals surface area contributed by atoms with Crippen LogP contribution < -0.4 is 5.73 Å². The number of hydrogen-bond donors (Lipinski definition) is 1. The highest BCUT2D eigenvalue weighted by molar-refractivity contribution is 5.78. The molecule has 130 valence electrons. The Kier molecular flexibility index (Phi) is 3.94. The SMILES string of the molecule is CN1Cc2cc(C(C)(C)CN)ccc2C(c2ccc3ccoc3c2)C1. The summed E-state index contributed by atoms with van der Waals surface area (Å²) in [7, 11) is 2.20. The molecule has 0 amide bonds. The molecule has 2 aromatic carbocycles. The predicted octanol–water partition coefficient (Wildman–Crippen LogP) is 4.25. The van der Waals surface area contributed by atoms with Crippen molar-refractivity contribution in [3.63, 3.8) is 0 Å². The van der Waals surface area contributed by atoms with E-state index in [1.807, 2.05) is 6.07 Å². The summed E-state index contributed by atoms with van der Waals surface area (Å²) in [5, 5.41) is 1.16. The molecule has 25 heavy (non-hydrogen) atoms. The van der Waals surface area contributed by atoms with Crippen molar-refractivity contribution in [2.45, 2.75) is 31.7 Å². The lowest BCUT2D eigenvalue weighted by atomic mass is 9.79. The first-order chi connectivity index (χ1) is 12.0. The van der Waals surface area contributed by atoms with Crippen molar-refractivity contribution in [3.05, 3.63) is 71.0 Å². The highest BCUT2D eigenvalue weighted by Crippen LogP contribution is 2.36. The van der Waals surface area contributed by atoms with E-state index in [1.54, 1.807) is 6.26 Å². The summed E-state index contributed by atoms with van der Waals surface area (Å²) in [6, 6.07) is 15.5. The third-order valence-corrected chi connectivity index (χ3v) is 5.63. The maximum atomic E-state index is 5.98. The summed E-state index contributed by atoms with van der Waals surface area (Å²) in [4.78, 5) is 2.40. The first-order valence-electron chi connectivity index (χ1n) is 8.97. The molecule has 0 spiro atoms. The van der Waals surface area contributed by atoms with Crippen LogP contribution in [-0.4, -0.2) is 25.0 Å². The Balaban J connectivity index is 1.78. The van der Waals surface area contributed by atoms with Crippen LogP contribution in [0.25, 0.3) is 11.0 Å². The Morgan fingerprint density at radius 3 is 2.80 bits per heavy atom. The highest BCUT2D eigenvalue weighted by atomic mass is 16.3. The van der Waals surface area contributed by atoms with Gasteiger partial charge < -0.3 is 15.1 Å². The first-order valence-corrected chi connectivity index (χ1v) is 8.97. The van der Waals surface area contributed by atoms with Gasteiger partial charge in [0.1, 0.15) is 5.58 Å². The Morgan fingerprint density at radius 2 is 2.00 bits per heavy atom. The highest BCUT2D eigenvalue weighted by Gasteiger charge is 2.27. The van der Waals surface area contributed by atoms with Crippen LogP contribution in [0.2, 0.25) is 0 Å². The smallest absolute Gasteiger partial charge is 0.134 e. The van der Waals surface area contributed by atoms with Gasteiger partial charge in [-0.1, -0.05) is 44.2 Å². The third-order valence-electron chi connectivity index (χ3n) is 5.63. The molecule has 1 aliphatic heterocycles. The summed E-state index contributed by atoms with van der Waals surface area (Å²) in [6.07, 6.45) is 1.76. The fourth-order valence-electron chi connectivity index (χ4n) is 3.86. The van der Waals surface area contributed by atoms with Gasteiger partial charge in [-0.15, -0.1) is 0 Å². The molecule has 0 saturated carbocycles. The summed E-state index contributed by atoms with van der Waals surface area (Å²) in [6.45, 7) is 7.09. The van der Waals surface area contributed by atoms with Crippen LogP contribution >= 0.6 is 0 Å². The van der Waals surface area contributed by atoms with Crippen molar-refractivity contribution in [1.82, 2.24) is 4.90 Å². The lowest BCUT2D eigenvalue weighted by molar-refractivity contribution is 0.294. The van der Waals surface area contributed by atoms with Gasteiger partial charge in [-0.25, -0.2) is 0 Å². The van der Waals surface area contributed by atoms with Crippen molar-refractivity contribution in [3.8, 4) is 0 Å². The molecule has 0 fully saturated rings. The molecule has 4 rings (SSSR count). The van der Waals surface area contributed by atoms with E-state index in [9.17, 15) is 0 Å². The van der Waals surface area contributed by atoms with Crippen molar-refractivity contribution in [2.75, 3.05) is 20.1 Å². The van der Waals surface area contributed by atoms with E-state index < -0.39 is 0 Å². The molecular formula is C22H26N2O. The molecule has 3 aromatic rings. The number of furan rings is 1. The van der Waals surface area contributed by atoms with E-state index in [0.29, 0.717) is 12.5 Å². The molecule has 0 bridgehead atoms. The minimum Gasteiger partial charge on any atom is -0.464 e. The fourth-order valence-corrected chi connectivity index (χ4v) is 3.86. The van der Waals surface area contributed by atoms with Crippen molar-refractivity contribution < 1.29 is 4.42 Å². The van der Waals surface area contributed by atoms with Crippen LogP contribution in [0, 0.1) is 0 Å². The van der Waals surface area contributed by atoms with Crippen LogP contribution in [0.15, 0.2) is 53.1 Å². The van der Waals surface area contributed by atoms with Crippen molar-refractivity contribution in [1.29, 1.82) is 0 Å². The van der Waals surface area contributed by atoms with Gasteiger partial charge >= 0.3 is 0 Å². The summed E-state index contributed by atoms with van der Waals surface area (Å²) >= 11 is 0. The molecule has 3 heteroatoms. The monoisotopic (exact) mass is 334 g/mol. The molecule has 0 aliphatic carbocycles. The zero-order chi connectivity index (χ0) is 17.6. The number of hydrogen-bond acceptors (Lipinski definition) is 3. The van der Waals surface area contributed by atoms with E-state index >= 15 is 0 Å². The maximum absolute atomic E-state index is 5.98. The molecule has 1 aromatic heterocycles. The summed E-state index contributed by atoms with van der Waals surface area (Å²) < 4.78 is 5.62. The second kappa shape index (κ2) is 6.01. The average molecular weight is 334 g/mol. The van der Waals surface area contributed by atoms with Gasteiger partial charge in [-0.2, -0.15) is 0 Å². The van der Waals surface area contributed by atoms with Crippen molar-refractivity contribution in [2.24, 2.45) is 5.73 Å². The third kappa shape index (κ3) is 2.88. The second-order valence-electron chi connectivity index (χ2n) is 7.97. The molecular weight excluding hydrogens is 308 g/mol. The topological polar surface area (TPSA) is 42.4 Å². The second-order valence-corrected chi connectivity index (χ2v) is 7.97. The number of nitrogens with two attached hydrogens (primary N) is 1. The van der Waals surface area contributed by atoms with E-state index in [4.69, 9.17) is 10.2 Å². The van der Waals surface area contributed by atoms with Gasteiger partial charge in [-0.05, 0) is 41.4 Å². The lowest BCUT2D eigenvalue weighted by Crippen LogP contribution is -2.32. The fraction of sp³-hybridized carbons (Fsp3) is 0.364. The lowest BCUT2D eigenvalue weighted by Gasteiger charge is -2.34. The van der Waals surface area contributed by atoms with Crippen LogP contribution in [0.3, 0.4) is 0 Å². The Morgan fingerprint density at radius 1 is 1.16 bits per heavy atom. The standard InChI is InChI=1S/C22H26N2O/c1-22(2,14-23)18-6-7-19-17(10-18)12-24(3)13-20(19)16-5-4-15-8-9-25-21(15)11-16/h4-11,20H,12-14,23H2,1-3H3. The average Bonchev–Trinajstić information content (AvgIpc) is 3.08. The summed E-state index contributed by atoms with van der Waals surface area (Å²) in [5.74, 6) is 0.373. The van der Waals surface area contributed by atoms with E-state index in [2.05, 4.69) is 62.2 Å². The molecule has 1 atom stereocenters. The number of fused-ring (bicyclic) bond motifs is 2. The van der Waals surface area contributed by atoms with Gasteiger partial charge in [0.15, 0.2) is 0 Å². The Hall–Kier alpha value is -2.10. The number of likely N-dealkylation sites (N-methyl/N-ethyl adjacent to an activating group) is 1. The molecule has 3 nitrogen and oxygen atoms in total.